The number of halogens is 3. The highest BCUT2D eigenvalue weighted by Crippen LogP contribution is 2.39. The van der Waals surface area contributed by atoms with Crippen LogP contribution in [0, 0.1) is 11.3 Å². The van der Waals surface area contributed by atoms with Crippen molar-refractivity contribution in [2.75, 3.05) is 18.6 Å². The molecule has 24 heavy (non-hydrogen) atoms. The summed E-state index contributed by atoms with van der Waals surface area (Å²) in [6.45, 7) is 0.474. The lowest BCUT2D eigenvalue weighted by Crippen LogP contribution is -2.26. The van der Waals surface area contributed by atoms with Crippen LogP contribution >= 0.6 is 0 Å². The van der Waals surface area contributed by atoms with Gasteiger partial charge in [-0.05, 0) is 18.2 Å². The Hall–Kier alpha value is -2.53. The van der Waals surface area contributed by atoms with E-state index in [1.165, 1.54) is 6.07 Å². The second-order valence-corrected chi connectivity index (χ2v) is 5.58. The Labute approximate surface area is 136 Å². The first-order valence-corrected chi connectivity index (χ1v) is 7.34. The fourth-order valence-electron chi connectivity index (χ4n) is 3.01. The van der Waals surface area contributed by atoms with Gasteiger partial charge in [0, 0.05) is 32.5 Å². The molecule has 2 heterocycles. The lowest BCUT2D eigenvalue weighted by molar-refractivity contribution is -0.137. The Balaban J connectivity index is 2.01. The lowest BCUT2D eigenvalue weighted by Gasteiger charge is -2.26. The molecule has 2 atom stereocenters. The van der Waals surface area contributed by atoms with E-state index < -0.39 is 11.7 Å². The van der Waals surface area contributed by atoms with E-state index in [9.17, 15) is 18.4 Å². The highest BCUT2D eigenvalue weighted by Gasteiger charge is 2.37. The number of nitriles is 1. The third kappa shape index (κ3) is 2.95. The maximum absolute atomic E-state index is 12.9. The molecule has 1 aliphatic rings. The van der Waals surface area contributed by atoms with Crippen molar-refractivity contribution in [2.45, 2.75) is 24.7 Å². The lowest BCUT2D eigenvalue weighted by atomic mass is 10.1. The molecule has 1 aromatic heterocycles. The van der Waals surface area contributed by atoms with E-state index in [0.717, 1.165) is 12.1 Å². The molecule has 0 aliphatic carbocycles. The molecule has 1 aromatic carbocycles. The fraction of sp³-hybridized carbons (Fsp3) is 0.375. The molecule has 1 unspecified atom stereocenters. The second-order valence-electron chi connectivity index (χ2n) is 5.58. The van der Waals surface area contributed by atoms with Crippen LogP contribution in [0.1, 0.15) is 29.4 Å². The van der Waals surface area contributed by atoms with E-state index in [2.05, 4.69) is 9.97 Å². The van der Waals surface area contributed by atoms with Crippen LogP contribution in [-0.4, -0.2) is 29.7 Å². The summed E-state index contributed by atoms with van der Waals surface area (Å²) in [6, 6.07) is 4.91. The van der Waals surface area contributed by atoms with Crippen molar-refractivity contribution in [1.82, 2.24) is 9.97 Å². The molecule has 5 nitrogen and oxygen atoms in total. The number of nitrogens with one attached hydrogen (secondary N) is 1. The predicted octanol–water partition coefficient (Wildman–Crippen LogP) is 3.27. The summed E-state index contributed by atoms with van der Waals surface area (Å²) in [5.41, 5.74) is -0.399. The summed E-state index contributed by atoms with van der Waals surface area (Å²) in [6.07, 6.45) is -0.633. The summed E-state index contributed by atoms with van der Waals surface area (Å²) in [7, 11) is 1.59. The van der Waals surface area contributed by atoms with Crippen LogP contribution in [0.4, 0.5) is 18.9 Å². The minimum absolute atomic E-state index is 0.0156. The van der Waals surface area contributed by atoms with Crippen molar-refractivity contribution in [2.24, 2.45) is 0 Å². The molecule has 0 spiro atoms. The highest BCUT2D eigenvalue weighted by atomic mass is 19.4. The normalized spacial score (nSPS) is 21.0. The van der Waals surface area contributed by atoms with Gasteiger partial charge in [-0.2, -0.15) is 18.4 Å². The van der Waals surface area contributed by atoms with Gasteiger partial charge in [0.05, 0.1) is 29.0 Å². The van der Waals surface area contributed by atoms with E-state index in [0.29, 0.717) is 24.5 Å². The zero-order valence-corrected chi connectivity index (χ0v) is 12.8. The molecule has 0 saturated carbocycles. The molecule has 1 saturated heterocycles. The molecule has 0 radical (unpaired) electrons. The summed E-state index contributed by atoms with van der Waals surface area (Å²) in [5, 5.41) is 9.31. The summed E-state index contributed by atoms with van der Waals surface area (Å²) in [5.74, 6) is 0.693. The Kier molecular flexibility index (Phi) is 4.20. The van der Waals surface area contributed by atoms with Crippen molar-refractivity contribution in [1.29, 1.82) is 5.26 Å². The van der Waals surface area contributed by atoms with E-state index in [-0.39, 0.29) is 17.7 Å². The molecular weight excluding hydrogens is 321 g/mol. The van der Waals surface area contributed by atoms with Gasteiger partial charge in [-0.15, -0.1) is 0 Å². The van der Waals surface area contributed by atoms with Crippen LogP contribution < -0.4 is 4.90 Å². The minimum atomic E-state index is -4.48. The SMILES string of the molecule is CO[C@@H]1CC(c2ncc[nH]2)N(c2ccc(C(F)(F)F)cc2C#N)C1. The Morgan fingerprint density at radius 2 is 2.21 bits per heavy atom. The number of anilines is 1. The predicted molar refractivity (Wildman–Crippen MR) is 80.2 cm³/mol. The molecule has 0 bridgehead atoms. The van der Waals surface area contributed by atoms with Gasteiger partial charge in [-0.3, -0.25) is 0 Å². The summed E-state index contributed by atoms with van der Waals surface area (Å²) >= 11 is 0. The average Bonchev–Trinajstić information content (AvgIpc) is 3.22. The minimum Gasteiger partial charge on any atom is -0.380 e. The van der Waals surface area contributed by atoms with Gasteiger partial charge in [0.25, 0.3) is 0 Å². The van der Waals surface area contributed by atoms with Crippen LogP contribution in [0.2, 0.25) is 0 Å². The maximum atomic E-state index is 12.9. The van der Waals surface area contributed by atoms with Gasteiger partial charge in [0.2, 0.25) is 0 Å². The number of benzene rings is 1. The van der Waals surface area contributed by atoms with Gasteiger partial charge in [0.1, 0.15) is 11.9 Å². The number of aromatic amines is 1. The topological polar surface area (TPSA) is 64.9 Å². The number of alkyl halides is 3. The van der Waals surface area contributed by atoms with Gasteiger partial charge in [-0.25, -0.2) is 4.98 Å². The van der Waals surface area contributed by atoms with Crippen molar-refractivity contribution in [3.63, 3.8) is 0 Å². The van der Waals surface area contributed by atoms with Crippen molar-refractivity contribution in [3.05, 3.63) is 47.5 Å². The third-order valence-electron chi connectivity index (χ3n) is 4.18. The standard InChI is InChI=1S/C16H15F3N4O/c1-24-12-7-14(15-21-4-5-22-15)23(9-12)13-3-2-11(16(17,18)19)6-10(13)8-20/h2-6,12,14H,7,9H2,1H3,(H,21,22)/t12-,14?/m1/s1. The monoisotopic (exact) mass is 336 g/mol. The molecule has 3 rings (SSSR count). The molecule has 0 amide bonds. The van der Waals surface area contributed by atoms with Crippen molar-refractivity contribution < 1.29 is 17.9 Å². The second kappa shape index (κ2) is 6.17. The first-order valence-electron chi connectivity index (χ1n) is 7.34. The Bertz CT molecular complexity index is 752. The van der Waals surface area contributed by atoms with E-state index in [4.69, 9.17) is 4.74 Å². The largest absolute Gasteiger partial charge is 0.416 e. The Morgan fingerprint density at radius 3 is 2.79 bits per heavy atom. The average molecular weight is 336 g/mol. The quantitative estimate of drug-likeness (QED) is 0.934. The first-order chi connectivity index (χ1) is 11.4. The van der Waals surface area contributed by atoms with Crippen molar-refractivity contribution in [3.8, 4) is 6.07 Å². The van der Waals surface area contributed by atoms with Gasteiger partial charge < -0.3 is 14.6 Å². The molecule has 126 valence electrons. The maximum Gasteiger partial charge on any atom is 0.416 e. The molecule has 1 aliphatic heterocycles. The fourth-order valence-corrected chi connectivity index (χ4v) is 3.01. The van der Waals surface area contributed by atoms with Gasteiger partial charge in [0.15, 0.2) is 0 Å². The number of hydrogen-bond donors (Lipinski definition) is 1. The van der Waals surface area contributed by atoms with E-state index in [1.807, 2.05) is 11.0 Å². The molecule has 1 fully saturated rings. The highest BCUT2D eigenvalue weighted by molar-refractivity contribution is 5.62. The molecule has 1 N–H and O–H groups in total. The number of aromatic nitrogens is 2. The Morgan fingerprint density at radius 1 is 1.42 bits per heavy atom. The van der Waals surface area contributed by atoms with Crippen LogP contribution in [0.15, 0.2) is 30.6 Å². The van der Waals surface area contributed by atoms with Gasteiger partial charge in [-0.1, -0.05) is 0 Å². The number of hydrogen-bond acceptors (Lipinski definition) is 4. The number of H-pyrrole nitrogens is 1. The van der Waals surface area contributed by atoms with Crippen molar-refractivity contribution >= 4 is 5.69 Å². The van der Waals surface area contributed by atoms with E-state index in [1.54, 1.807) is 19.5 Å². The zero-order valence-electron chi connectivity index (χ0n) is 12.8. The summed E-state index contributed by atoms with van der Waals surface area (Å²) < 4.78 is 44.0. The third-order valence-corrected chi connectivity index (χ3v) is 4.18. The van der Waals surface area contributed by atoms with Crippen LogP contribution in [0.25, 0.3) is 0 Å². The molecule has 8 heteroatoms. The number of methoxy groups -OCH3 is 1. The smallest absolute Gasteiger partial charge is 0.380 e. The van der Waals surface area contributed by atoms with Crippen LogP contribution in [-0.2, 0) is 10.9 Å². The first kappa shape index (κ1) is 16.3. The van der Waals surface area contributed by atoms with Gasteiger partial charge >= 0.3 is 6.18 Å². The molecular formula is C16H15F3N4O. The zero-order chi connectivity index (χ0) is 17.3. The number of imidazole rings is 1. The number of nitrogens with zero attached hydrogens (tertiary/aromatic N) is 3. The molecule has 2 aromatic rings. The number of ether oxygens (including phenoxy) is 1. The number of rotatable bonds is 3. The van der Waals surface area contributed by atoms with Crippen LogP contribution in [0.3, 0.4) is 0 Å². The van der Waals surface area contributed by atoms with E-state index >= 15 is 0 Å². The summed E-state index contributed by atoms with van der Waals surface area (Å²) in [4.78, 5) is 9.13. The van der Waals surface area contributed by atoms with Crippen LogP contribution in [0.5, 0.6) is 0 Å².